The maximum atomic E-state index is 11.8. The van der Waals surface area contributed by atoms with Crippen LogP contribution in [0.5, 0.6) is 0 Å². The molecule has 0 heterocycles. The van der Waals surface area contributed by atoms with E-state index in [1.54, 1.807) is 0 Å². The molecule has 2 rings (SSSR count). The zero-order valence-corrected chi connectivity index (χ0v) is 12.0. The van der Waals surface area contributed by atoms with Gasteiger partial charge in [-0.1, -0.05) is 6.42 Å². The van der Waals surface area contributed by atoms with Crippen molar-refractivity contribution in [2.24, 2.45) is 17.8 Å². The third-order valence-electron chi connectivity index (χ3n) is 4.92. The summed E-state index contributed by atoms with van der Waals surface area (Å²) in [6, 6.07) is 0. The van der Waals surface area contributed by atoms with Crippen LogP contribution in [0.4, 0.5) is 0 Å². The number of hydrogen-bond acceptors (Lipinski definition) is 2. The summed E-state index contributed by atoms with van der Waals surface area (Å²) in [6.07, 6.45) is 6.49. The van der Waals surface area contributed by atoms with Crippen LogP contribution in [0.3, 0.4) is 0 Å². The van der Waals surface area contributed by atoms with E-state index in [-0.39, 0.29) is 0 Å². The van der Waals surface area contributed by atoms with Gasteiger partial charge in [0.15, 0.2) is 0 Å². The lowest BCUT2D eigenvalue weighted by Crippen LogP contribution is -2.34. The first-order chi connectivity index (χ1) is 8.74. The van der Waals surface area contributed by atoms with Crippen molar-refractivity contribution in [3.8, 4) is 0 Å². The third-order valence-corrected chi connectivity index (χ3v) is 4.92. The normalized spacial score (nSPS) is 29.8. The van der Waals surface area contributed by atoms with Crippen molar-refractivity contribution in [1.82, 2.24) is 10.2 Å². The number of carbonyl (C=O) groups is 1. The summed E-state index contributed by atoms with van der Waals surface area (Å²) in [4.78, 5) is 13.7. The van der Waals surface area contributed by atoms with Crippen molar-refractivity contribution in [2.45, 2.75) is 46.0 Å². The van der Waals surface area contributed by atoms with Gasteiger partial charge in [-0.3, -0.25) is 4.79 Å². The van der Waals surface area contributed by atoms with Gasteiger partial charge in [-0.25, -0.2) is 0 Å². The molecule has 3 atom stereocenters. The first-order valence-electron chi connectivity index (χ1n) is 7.73. The van der Waals surface area contributed by atoms with Gasteiger partial charge >= 0.3 is 0 Å². The number of hydrogen-bond donors (Lipinski definition) is 1. The second-order valence-corrected chi connectivity index (χ2v) is 5.96. The Morgan fingerprint density at radius 3 is 2.56 bits per heavy atom. The second kappa shape index (κ2) is 6.55. The molecule has 3 heteroatoms. The Morgan fingerprint density at radius 2 is 2.00 bits per heavy atom. The summed E-state index contributed by atoms with van der Waals surface area (Å²) >= 11 is 0. The number of fused-ring (bicyclic) bond motifs is 2. The van der Waals surface area contributed by atoms with Gasteiger partial charge < -0.3 is 10.2 Å². The van der Waals surface area contributed by atoms with E-state index in [0.29, 0.717) is 12.3 Å². The molecule has 0 aromatic carbocycles. The standard InChI is InChI=1S/C15H28N2O/c1-3-17(4-2)15(18)7-8-16-11-14-10-12-5-6-13(14)9-12/h12-14,16H,3-11H2,1-2H3. The van der Waals surface area contributed by atoms with Crippen LogP contribution in [0, 0.1) is 17.8 Å². The van der Waals surface area contributed by atoms with Gasteiger partial charge in [0.1, 0.15) is 0 Å². The summed E-state index contributed by atoms with van der Waals surface area (Å²) in [6.45, 7) is 7.74. The fourth-order valence-corrected chi connectivity index (χ4v) is 3.84. The van der Waals surface area contributed by atoms with E-state index in [0.717, 1.165) is 43.9 Å². The van der Waals surface area contributed by atoms with Gasteiger partial charge in [0, 0.05) is 26.1 Å². The Morgan fingerprint density at radius 1 is 1.22 bits per heavy atom. The molecular weight excluding hydrogens is 224 g/mol. The molecule has 3 unspecified atom stereocenters. The molecular formula is C15H28N2O. The number of carbonyl (C=O) groups excluding carboxylic acids is 1. The van der Waals surface area contributed by atoms with Gasteiger partial charge in [-0.2, -0.15) is 0 Å². The number of rotatable bonds is 7. The molecule has 0 aromatic heterocycles. The molecule has 2 aliphatic rings. The molecule has 104 valence electrons. The molecule has 18 heavy (non-hydrogen) atoms. The summed E-state index contributed by atoms with van der Waals surface area (Å²) in [5.41, 5.74) is 0. The Bertz CT molecular complexity index is 276. The highest BCUT2D eigenvalue weighted by Gasteiger charge is 2.38. The quantitative estimate of drug-likeness (QED) is 0.705. The third kappa shape index (κ3) is 3.25. The van der Waals surface area contributed by atoms with Crippen LogP contribution in [-0.2, 0) is 4.79 Å². The zero-order chi connectivity index (χ0) is 13.0. The van der Waals surface area contributed by atoms with Gasteiger partial charge in [0.25, 0.3) is 0 Å². The Kier molecular flexibility index (Phi) is 5.04. The molecule has 3 nitrogen and oxygen atoms in total. The lowest BCUT2D eigenvalue weighted by Gasteiger charge is -2.22. The summed E-state index contributed by atoms with van der Waals surface area (Å²) in [5.74, 6) is 3.20. The van der Waals surface area contributed by atoms with Crippen molar-refractivity contribution >= 4 is 5.91 Å². The van der Waals surface area contributed by atoms with E-state index in [1.807, 2.05) is 18.7 Å². The Labute approximate surface area is 111 Å². The molecule has 0 aromatic rings. The van der Waals surface area contributed by atoms with Crippen LogP contribution in [0.15, 0.2) is 0 Å². The van der Waals surface area contributed by atoms with E-state index in [9.17, 15) is 4.79 Å². The average molecular weight is 252 g/mol. The van der Waals surface area contributed by atoms with Crippen LogP contribution < -0.4 is 5.32 Å². The van der Waals surface area contributed by atoms with Crippen molar-refractivity contribution in [3.63, 3.8) is 0 Å². The topological polar surface area (TPSA) is 32.3 Å². The fourth-order valence-electron chi connectivity index (χ4n) is 3.84. The molecule has 1 N–H and O–H groups in total. The van der Waals surface area contributed by atoms with Crippen LogP contribution >= 0.6 is 0 Å². The van der Waals surface area contributed by atoms with Crippen LogP contribution in [0.25, 0.3) is 0 Å². The SMILES string of the molecule is CCN(CC)C(=O)CCNCC1CC2CCC1C2. The number of nitrogens with one attached hydrogen (secondary N) is 1. The molecule has 2 saturated carbocycles. The molecule has 2 fully saturated rings. The van der Waals surface area contributed by atoms with E-state index in [1.165, 1.54) is 25.7 Å². The maximum Gasteiger partial charge on any atom is 0.223 e. The molecule has 2 aliphatic carbocycles. The van der Waals surface area contributed by atoms with E-state index >= 15 is 0 Å². The van der Waals surface area contributed by atoms with Crippen molar-refractivity contribution in [3.05, 3.63) is 0 Å². The van der Waals surface area contributed by atoms with Crippen LogP contribution in [-0.4, -0.2) is 37.0 Å². The lowest BCUT2D eigenvalue weighted by atomic mass is 9.89. The second-order valence-electron chi connectivity index (χ2n) is 5.96. The van der Waals surface area contributed by atoms with E-state index in [2.05, 4.69) is 5.32 Å². The molecule has 2 bridgehead atoms. The van der Waals surface area contributed by atoms with Gasteiger partial charge in [-0.05, 0) is 57.4 Å². The summed E-state index contributed by atoms with van der Waals surface area (Å²) in [7, 11) is 0. The van der Waals surface area contributed by atoms with Crippen molar-refractivity contribution in [1.29, 1.82) is 0 Å². The summed E-state index contributed by atoms with van der Waals surface area (Å²) in [5, 5.41) is 3.50. The minimum atomic E-state index is 0.292. The molecule has 1 amide bonds. The zero-order valence-electron chi connectivity index (χ0n) is 12.0. The Hall–Kier alpha value is -0.570. The van der Waals surface area contributed by atoms with Crippen molar-refractivity contribution in [2.75, 3.05) is 26.2 Å². The highest BCUT2D eigenvalue weighted by molar-refractivity contribution is 5.76. The van der Waals surface area contributed by atoms with Crippen LogP contribution in [0.1, 0.15) is 46.0 Å². The summed E-state index contributed by atoms with van der Waals surface area (Å²) < 4.78 is 0. The fraction of sp³-hybridized carbons (Fsp3) is 0.933. The predicted molar refractivity (Wildman–Crippen MR) is 74.4 cm³/mol. The van der Waals surface area contributed by atoms with Crippen LogP contribution in [0.2, 0.25) is 0 Å². The van der Waals surface area contributed by atoms with E-state index < -0.39 is 0 Å². The highest BCUT2D eigenvalue weighted by atomic mass is 16.2. The molecule has 0 radical (unpaired) electrons. The predicted octanol–water partition coefficient (Wildman–Crippen LogP) is 2.27. The van der Waals surface area contributed by atoms with Gasteiger partial charge in [0.05, 0.1) is 0 Å². The molecule has 0 aliphatic heterocycles. The minimum Gasteiger partial charge on any atom is -0.343 e. The average Bonchev–Trinajstić information content (AvgIpc) is 2.98. The molecule has 0 spiro atoms. The lowest BCUT2D eigenvalue weighted by molar-refractivity contribution is -0.130. The first-order valence-corrected chi connectivity index (χ1v) is 7.73. The van der Waals surface area contributed by atoms with Gasteiger partial charge in [-0.15, -0.1) is 0 Å². The smallest absolute Gasteiger partial charge is 0.223 e. The monoisotopic (exact) mass is 252 g/mol. The van der Waals surface area contributed by atoms with Crippen molar-refractivity contribution < 1.29 is 4.79 Å². The molecule has 0 saturated heterocycles. The van der Waals surface area contributed by atoms with Gasteiger partial charge in [0.2, 0.25) is 5.91 Å². The number of nitrogens with zero attached hydrogens (tertiary/aromatic N) is 1. The first kappa shape index (κ1) is 13.9. The highest BCUT2D eigenvalue weighted by Crippen LogP contribution is 2.47. The van der Waals surface area contributed by atoms with E-state index in [4.69, 9.17) is 0 Å². The number of amides is 1. The Balaban J connectivity index is 1.57. The minimum absolute atomic E-state index is 0.292. The largest absolute Gasteiger partial charge is 0.343 e. The maximum absolute atomic E-state index is 11.8.